The first-order chi connectivity index (χ1) is 17.1. The van der Waals surface area contributed by atoms with Crippen LogP contribution in [0.15, 0.2) is 4.99 Å². The van der Waals surface area contributed by atoms with Gasteiger partial charge in [0.05, 0.1) is 6.61 Å². The van der Waals surface area contributed by atoms with Gasteiger partial charge in [-0.05, 0) is 32.1 Å². The Hall–Kier alpha value is -2.89. The van der Waals surface area contributed by atoms with Crippen molar-refractivity contribution in [2.75, 3.05) is 6.61 Å². The van der Waals surface area contributed by atoms with Gasteiger partial charge in [0, 0.05) is 6.42 Å². The lowest BCUT2D eigenvalue weighted by Crippen LogP contribution is -2.41. The van der Waals surface area contributed by atoms with Crippen LogP contribution in [-0.2, 0) is 23.9 Å². The highest BCUT2D eigenvalue weighted by molar-refractivity contribution is 5.85. The van der Waals surface area contributed by atoms with Gasteiger partial charge in [0.2, 0.25) is 5.91 Å². The third kappa shape index (κ3) is 17.5. The summed E-state index contributed by atoms with van der Waals surface area (Å²) in [5.74, 6) is -4.01. The summed E-state index contributed by atoms with van der Waals surface area (Å²) in [7, 11) is 0. The lowest BCUT2D eigenvalue weighted by atomic mass is 10.1. The van der Waals surface area contributed by atoms with Crippen LogP contribution in [0.4, 0.5) is 0 Å². The SMILES string of the molecule is CCCCCCCCCCCOC(=O)[C@@H](CCC(=O)NC(CCCC(N)C(=O)O)C(=O)O)N=C(N)N. The first kappa shape index (κ1) is 33.1. The van der Waals surface area contributed by atoms with Crippen molar-refractivity contribution in [3.8, 4) is 0 Å². The van der Waals surface area contributed by atoms with Crippen molar-refractivity contribution >= 4 is 29.8 Å². The molecular weight excluding hydrogens is 470 g/mol. The van der Waals surface area contributed by atoms with Crippen LogP contribution in [0.25, 0.3) is 0 Å². The van der Waals surface area contributed by atoms with Gasteiger partial charge in [-0.15, -0.1) is 0 Å². The highest BCUT2D eigenvalue weighted by atomic mass is 16.5. The molecule has 0 fully saturated rings. The predicted octanol–water partition coefficient (Wildman–Crippen LogP) is 1.63. The maximum absolute atomic E-state index is 12.4. The summed E-state index contributed by atoms with van der Waals surface area (Å²) in [5.41, 5.74) is 16.2. The van der Waals surface area contributed by atoms with E-state index in [9.17, 15) is 24.3 Å². The van der Waals surface area contributed by atoms with Crippen molar-refractivity contribution in [2.24, 2.45) is 22.2 Å². The van der Waals surface area contributed by atoms with Crippen LogP contribution in [0.1, 0.15) is 96.8 Å². The number of hydrogen-bond acceptors (Lipinski definition) is 7. The molecule has 0 aromatic heterocycles. The van der Waals surface area contributed by atoms with E-state index in [4.69, 9.17) is 27.0 Å². The molecule has 12 heteroatoms. The van der Waals surface area contributed by atoms with Gasteiger partial charge in [0.1, 0.15) is 12.1 Å². The maximum Gasteiger partial charge on any atom is 0.331 e. The molecule has 0 rings (SSSR count). The number of hydrogen-bond donors (Lipinski definition) is 6. The molecule has 3 atom stereocenters. The van der Waals surface area contributed by atoms with Crippen molar-refractivity contribution in [1.82, 2.24) is 5.32 Å². The fraction of sp³-hybridized carbons (Fsp3) is 0.792. The average Bonchev–Trinajstić information content (AvgIpc) is 2.81. The molecule has 0 heterocycles. The quantitative estimate of drug-likeness (QED) is 0.0529. The van der Waals surface area contributed by atoms with E-state index >= 15 is 0 Å². The molecule has 0 saturated heterocycles. The van der Waals surface area contributed by atoms with Gasteiger partial charge in [-0.1, -0.05) is 58.3 Å². The largest absolute Gasteiger partial charge is 0.480 e. The van der Waals surface area contributed by atoms with Gasteiger partial charge >= 0.3 is 17.9 Å². The van der Waals surface area contributed by atoms with E-state index in [0.29, 0.717) is 0 Å². The summed E-state index contributed by atoms with van der Waals surface area (Å²) in [6.07, 6.45) is 10.2. The van der Waals surface area contributed by atoms with E-state index in [1.54, 1.807) is 0 Å². The molecule has 0 aromatic rings. The Morgan fingerprint density at radius 1 is 0.833 bits per heavy atom. The number of carbonyl (C=O) groups excluding carboxylic acids is 2. The van der Waals surface area contributed by atoms with Gasteiger partial charge < -0.3 is 37.5 Å². The zero-order chi connectivity index (χ0) is 27.3. The topological polar surface area (TPSA) is 220 Å². The van der Waals surface area contributed by atoms with Crippen LogP contribution >= 0.6 is 0 Å². The van der Waals surface area contributed by atoms with Gasteiger partial charge in [0.15, 0.2) is 12.0 Å². The number of unbranched alkanes of at least 4 members (excludes halogenated alkanes) is 8. The summed E-state index contributed by atoms with van der Waals surface area (Å²) in [4.78, 5) is 50.7. The molecule has 0 aliphatic carbocycles. The van der Waals surface area contributed by atoms with Gasteiger partial charge in [-0.2, -0.15) is 0 Å². The van der Waals surface area contributed by atoms with Crippen LogP contribution in [0.5, 0.6) is 0 Å². The van der Waals surface area contributed by atoms with Crippen molar-refractivity contribution < 1.29 is 34.1 Å². The maximum atomic E-state index is 12.4. The lowest BCUT2D eigenvalue weighted by Gasteiger charge is -2.16. The number of ether oxygens (including phenoxy) is 1. The normalized spacial score (nSPS) is 13.3. The highest BCUT2D eigenvalue weighted by Crippen LogP contribution is 2.11. The smallest absolute Gasteiger partial charge is 0.331 e. The molecule has 0 radical (unpaired) electrons. The van der Waals surface area contributed by atoms with Crippen molar-refractivity contribution in [2.45, 2.75) is 115 Å². The average molecular weight is 516 g/mol. The molecule has 0 aromatic carbocycles. The molecule has 2 unspecified atom stereocenters. The number of nitrogens with two attached hydrogens (primary N) is 3. The number of aliphatic imine (C=N–C) groups is 1. The standard InChI is InChI=1S/C24H45N5O7/c1-2-3-4-5-6-7-8-9-10-16-36-23(35)19(29-24(26)27)14-15-20(30)28-18(22(33)34)13-11-12-17(25)21(31)32/h17-19H,2-16,25H2,1H3,(H,28,30)(H,31,32)(H,33,34)(H4,26,27,29)/t17?,18?,19-/m1/s1. The lowest BCUT2D eigenvalue weighted by molar-refractivity contribution is -0.146. The monoisotopic (exact) mass is 515 g/mol. The fourth-order valence-corrected chi connectivity index (χ4v) is 3.55. The number of nitrogens with one attached hydrogen (secondary N) is 1. The number of amides is 1. The summed E-state index contributed by atoms with van der Waals surface area (Å²) in [6.45, 7) is 2.42. The molecule has 0 aliphatic heterocycles. The Morgan fingerprint density at radius 2 is 1.42 bits per heavy atom. The van der Waals surface area contributed by atoms with Gasteiger partial charge in [-0.25, -0.2) is 14.6 Å². The first-order valence-electron chi connectivity index (χ1n) is 12.8. The minimum atomic E-state index is -1.26. The number of rotatable bonds is 22. The van der Waals surface area contributed by atoms with Crippen molar-refractivity contribution in [1.29, 1.82) is 0 Å². The number of carbonyl (C=O) groups is 4. The van der Waals surface area contributed by atoms with Crippen molar-refractivity contribution in [3.63, 3.8) is 0 Å². The Balaban J connectivity index is 4.42. The Kier molecular flexibility index (Phi) is 18.7. The van der Waals surface area contributed by atoms with Crippen LogP contribution in [0, 0.1) is 0 Å². The minimum absolute atomic E-state index is 0.0141. The fourth-order valence-electron chi connectivity index (χ4n) is 3.55. The van der Waals surface area contributed by atoms with Crippen LogP contribution in [0.3, 0.4) is 0 Å². The first-order valence-corrected chi connectivity index (χ1v) is 12.8. The third-order valence-corrected chi connectivity index (χ3v) is 5.67. The van der Waals surface area contributed by atoms with E-state index in [1.807, 2.05) is 0 Å². The molecule has 12 nitrogen and oxygen atoms in total. The number of carboxylic acid groups (broad SMARTS) is 2. The van der Waals surface area contributed by atoms with Crippen LogP contribution in [0.2, 0.25) is 0 Å². The van der Waals surface area contributed by atoms with Crippen molar-refractivity contribution in [3.05, 3.63) is 0 Å². The zero-order valence-electron chi connectivity index (χ0n) is 21.5. The Morgan fingerprint density at radius 3 is 1.94 bits per heavy atom. The number of carboxylic acids is 2. The molecule has 9 N–H and O–H groups in total. The molecule has 0 bridgehead atoms. The number of aliphatic carboxylic acids is 2. The van der Waals surface area contributed by atoms with E-state index in [1.165, 1.54) is 32.1 Å². The molecule has 0 aliphatic rings. The molecule has 0 spiro atoms. The van der Waals surface area contributed by atoms with E-state index < -0.39 is 41.9 Å². The number of guanidine groups is 1. The highest BCUT2D eigenvalue weighted by Gasteiger charge is 2.24. The van der Waals surface area contributed by atoms with E-state index in [-0.39, 0.29) is 44.7 Å². The van der Waals surface area contributed by atoms with Crippen LogP contribution in [-0.4, -0.2) is 64.7 Å². The summed E-state index contributed by atoms with van der Waals surface area (Å²) < 4.78 is 5.27. The third-order valence-electron chi connectivity index (χ3n) is 5.67. The summed E-state index contributed by atoms with van der Waals surface area (Å²) in [5, 5.41) is 20.5. The predicted molar refractivity (Wildman–Crippen MR) is 136 cm³/mol. The molecule has 1 amide bonds. The second-order valence-corrected chi connectivity index (χ2v) is 8.94. The van der Waals surface area contributed by atoms with Gasteiger partial charge in [0.25, 0.3) is 0 Å². The second kappa shape index (κ2) is 20.3. The Bertz CT molecular complexity index is 698. The molecule has 0 saturated carbocycles. The molecule has 36 heavy (non-hydrogen) atoms. The summed E-state index contributed by atoms with van der Waals surface area (Å²) in [6, 6.07) is -3.38. The number of nitrogens with zero attached hydrogens (tertiary/aromatic N) is 1. The molecule has 208 valence electrons. The zero-order valence-corrected chi connectivity index (χ0v) is 21.5. The molecular formula is C24H45N5O7. The van der Waals surface area contributed by atoms with Gasteiger partial charge in [-0.3, -0.25) is 9.59 Å². The van der Waals surface area contributed by atoms with E-state index in [0.717, 1.165) is 25.7 Å². The Labute approximate surface area is 213 Å². The van der Waals surface area contributed by atoms with Crippen LogP contribution < -0.4 is 22.5 Å². The van der Waals surface area contributed by atoms with E-state index in [2.05, 4.69) is 17.2 Å². The summed E-state index contributed by atoms with van der Waals surface area (Å²) >= 11 is 0. The second-order valence-electron chi connectivity index (χ2n) is 8.94. The minimum Gasteiger partial charge on any atom is -0.480 e. The number of esters is 1.